The molecule has 0 spiro atoms. The van der Waals surface area contributed by atoms with Crippen molar-refractivity contribution in [3.63, 3.8) is 0 Å². The van der Waals surface area contributed by atoms with Gasteiger partial charge in [-0.2, -0.15) is 0 Å². The van der Waals surface area contributed by atoms with Crippen molar-refractivity contribution >= 4 is 21.4 Å². The number of primary sulfonamides is 1. The van der Waals surface area contributed by atoms with E-state index >= 15 is 0 Å². The molecule has 108 valence electrons. The van der Waals surface area contributed by atoms with E-state index in [0.29, 0.717) is 11.3 Å². The number of nitrogens with zero attached hydrogens (tertiary/aromatic N) is 1. The van der Waals surface area contributed by atoms with E-state index in [-0.39, 0.29) is 4.90 Å². The molecule has 0 unspecified atom stereocenters. The molecule has 0 aliphatic carbocycles. The van der Waals surface area contributed by atoms with E-state index < -0.39 is 10.0 Å². The molecule has 7 heteroatoms. The molecule has 0 atom stereocenters. The van der Waals surface area contributed by atoms with Crippen LogP contribution in [0.25, 0.3) is 0 Å². The Balaban J connectivity index is 3.11. The highest BCUT2D eigenvalue weighted by molar-refractivity contribution is 7.89. The molecule has 0 saturated heterocycles. The molecular formula is C12H22N4O2S. The minimum atomic E-state index is -3.76. The highest BCUT2D eigenvalue weighted by Crippen LogP contribution is 2.28. The van der Waals surface area contributed by atoms with Gasteiger partial charge in [0.15, 0.2) is 0 Å². The van der Waals surface area contributed by atoms with Crippen LogP contribution in [0.4, 0.5) is 11.4 Å². The number of rotatable bonds is 6. The van der Waals surface area contributed by atoms with Gasteiger partial charge in [-0.3, -0.25) is 0 Å². The van der Waals surface area contributed by atoms with Crippen LogP contribution in [-0.4, -0.2) is 35.6 Å². The van der Waals surface area contributed by atoms with Gasteiger partial charge in [0.2, 0.25) is 10.0 Å². The average molecular weight is 286 g/mol. The summed E-state index contributed by atoms with van der Waals surface area (Å²) in [5.41, 5.74) is 7.57. The Morgan fingerprint density at radius 2 is 2.00 bits per heavy atom. The van der Waals surface area contributed by atoms with Crippen LogP contribution >= 0.6 is 0 Å². The number of nitrogen functional groups attached to an aromatic ring is 1. The molecular weight excluding hydrogens is 264 g/mol. The number of sulfonamides is 1. The summed E-state index contributed by atoms with van der Waals surface area (Å²) < 4.78 is 23.1. The Hall–Kier alpha value is -1.31. The van der Waals surface area contributed by atoms with Gasteiger partial charge in [-0.15, -0.1) is 0 Å². The lowest BCUT2D eigenvalue weighted by Gasteiger charge is -2.23. The number of nitrogens with two attached hydrogens (primary N) is 2. The van der Waals surface area contributed by atoms with E-state index in [4.69, 9.17) is 10.9 Å². The van der Waals surface area contributed by atoms with Crippen molar-refractivity contribution < 1.29 is 8.42 Å². The summed E-state index contributed by atoms with van der Waals surface area (Å²) >= 11 is 0. The quantitative estimate of drug-likeness (QED) is 0.515. The fourth-order valence-electron chi connectivity index (χ4n) is 2.00. The van der Waals surface area contributed by atoms with Crippen molar-refractivity contribution in [3.8, 4) is 0 Å². The number of hydrogen-bond donors (Lipinski definition) is 3. The van der Waals surface area contributed by atoms with Crippen LogP contribution in [0.2, 0.25) is 0 Å². The van der Waals surface area contributed by atoms with Crippen molar-refractivity contribution in [1.29, 1.82) is 0 Å². The number of nitrogens with one attached hydrogen (secondary N) is 1. The van der Waals surface area contributed by atoms with Crippen molar-refractivity contribution in [2.24, 2.45) is 5.14 Å². The zero-order chi connectivity index (χ0) is 14.6. The maximum Gasteiger partial charge on any atom is 0.238 e. The molecule has 1 aromatic rings. The molecule has 0 aromatic heterocycles. The van der Waals surface area contributed by atoms with Crippen molar-refractivity contribution in [2.45, 2.75) is 18.2 Å². The fraction of sp³-hybridized carbons (Fsp3) is 0.500. The number of benzene rings is 1. The summed E-state index contributed by atoms with van der Waals surface area (Å²) in [7, 11) is 0.0446. The summed E-state index contributed by atoms with van der Waals surface area (Å²) in [4.78, 5) is 2.07. The second-order valence-corrected chi connectivity index (χ2v) is 6.12. The molecule has 19 heavy (non-hydrogen) atoms. The molecule has 1 rings (SSSR count). The fourth-order valence-corrected chi connectivity index (χ4v) is 2.83. The summed E-state index contributed by atoms with van der Waals surface area (Å²) in [6.07, 6.45) is 0.950. The van der Waals surface area contributed by atoms with Crippen LogP contribution in [0.15, 0.2) is 17.0 Å². The first kappa shape index (κ1) is 15.7. The smallest absolute Gasteiger partial charge is 0.238 e. The van der Waals surface area contributed by atoms with Gasteiger partial charge in [-0.1, -0.05) is 0 Å². The molecule has 0 bridgehead atoms. The molecule has 0 radical (unpaired) electrons. The van der Waals surface area contributed by atoms with Crippen LogP contribution in [0.1, 0.15) is 12.0 Å². The van der Waals surface area contributed by atoms with Gasteiger partial charge in [-0.25, -0.2) is 13.6 Å². The van der Waals surface area contributed by atoms with E-state index in [1.807, 2.05) is 19.0 Å². The second-order valence-electron chi connectivity index (χ2n) is 4.59. The van der Waals surface area contributed by atoms with E-state index in [9.17, 15) is 8.42 Å². The zero-order valence-corrected chi connectivity index (χ0v) is 12.4. The maximum atomic E-state index is 11.5. The van der Waals surface area contributed by atoms with Gasteiger partial charge in [0, 0.05) is 25.0 Å². The average Bonchev–Trinajstić information content (AvgIpc) is 2.30. The summed E-state index contributed by atoms with van der Waals surface area (Å²) in [5.74, 6) is 0. The Kier molecular flexibility index (Phi) is 5.16. The van der Waals surface area contributed by atoms with E-state index in [1.54, 1.807) is 13.0 Å². The minimum Gasteiger partial charge on any atom is -0.399 e. The Morgan fingerprint density at radius 3 is 2.53 bits per heavy atom. The van der Waals surface area contributed by atoms with E-state index in [1.165, 1.54) is 6.07 Å². The highest BCUT2D eigenvalue weighted by Gasteiger charge is 2.17. The largest absolute Gasteiger partial charge is 0.399 e. The molecule has 0 amide bonds. The van der Waals surface area contributed by atoms with Gasteiger partial charge < -0.3 is 16.0 Å². The SMILES string of the molecule is CNCCCN(C)c1cc(N)cc(S(N)(=O)=O)c1C. The third-order valence-electron chi connectivity index (χ3n) is 2.99. The van der Waals surface area contributed by atoms with Crippen LogP contribution in [0.3, 0.4) is 0 Å². The topological polar surface area (TPSA) is 101 Å². The van der Waals surface area contributed by atoms with E-state index in [2.05, 4.69) is 5.32 Å². The lowest BCUT2D eigenvalue weighted by molar-refractivity contribution is 0.597. The lowest BCUT2D eigenvalue weighted by Crippen LogP contribution is -2.24. The molecule has 6 nitrogen and oxygen atoms in total. The predicted octanol–water partition coefficient (Wildman–Crippen LogP) is 0.270. The summed E-state index contributed by atoms with van der Waals surface area (Å²) in [6.45, 7) is 3.44. The van der Waals surface area contributed by atoms with E-state index in [0.717, 1.165) is 25.2 Å². The Bertz CT molecular complexity index is 543. The van der Waals surface area contributed by atoms with Gasteiger partial charge in [0.1, 0.15) is 0 Å². The normalized spacial score (nSPS) is 11.6. The zero-order valence-electron chi connectivity index (χ0n) is 11.6. The van der Waals surface area contributed by atoms with Gasteiger partial charge in [0.05, 0.1) is 4.90 Å². The molecule has 0 aliphatic rings. The van der Waals surface area contributed by atoms with Crippen molar-refractivity contribution in [1.82, 2.24) is 5.32 Å². The van der Waals surface area contributed by atoms with Crippen molar-refractivity contribution in [2.75, 3.05) is 37.8 Å². The van der Waals surface area contributed by atoms with Gasteiger partial charge in [-0.05, 0) is 44.6 Å². The standard InChI is InChI=1S/C12H22N4O2S/c1-9-11(16(3)6-4-5-15-2)7-10(13)8-12(9)19(14,17)18/h7-8,15H,4-6,13H2,1-3H3,(H2,14,17,18). The van der Waals surface area contributed by atoms with Gasteiger partial charge in [0.25, 0.3) is 0 Å². The number of anilines is 2. The van der Waals surface area contributed by atoms with Crippen molar-refractivity contribution in [3.05, 3.63) is 17.7 Å². The lowest BCUT2D eigenvalue weighted by atomic mass is 10.1. The first-order valence-electron chi connectivity index (χ1n) is 6.06. The molecule has 0 fully saturated rings. The van der Waals surface area contributed by atoms with Crippen LogP contribution in [0, 0.1) is 6.92 Å². The van der Waals surface area contributed by atoms with Crippen LogP contribution < -0.4 is 21.1 Å². The first-order chi connectivity index (χ1) is 8.77. The highest BCUT2D eigenvalue weighted by atomic mass is 32.2. The Morgan fingerprint density at radius 1 is 1.37 bits per heavy atom. The minimum absolute atomic E-state index is 0.0861. The van der Waals surface area contributed by atoms with Crippen LogP contribution in [-0.2, 0) is 10.0 Å². The molecule has 0 saturated carbocycles. The summed E-state index contributed by atoms with van der Waals surface area (Å²) in [5, 5.41) is 8.27. The molecule has 0 aliphatic heterocycles. The summed E-state index contributed by atoms with van der Waals surface area (Å²) in [6, 6.07) is 3.17. The first-order valence-corrected chi connectivity index (χ1v) is 7.60. The third kappa shape index (κ3) is 4.09. The third-order valence-corrected chi connectivity index (χ3v) is 4.03. The number of hydrogen-bond acceptors (Lipinski definition) is 5. The Labute approximate surface area is 114 Å². The predicted molar refractivity (Wildman–Crippen MR) is 78.8 cm³/mol. The maximum absolute atomic E-state index is 11.5. The molecule has 5 N–H and O–H groups in total. The molecule has 1 aromatic carbocycles. The monoisotopic (exact) mass is 286 g/mol. The van der Waals surface area contributed by atoms with Crippen LogP contribution in [0.5, 0.6) is 0 Å². The molecule has 0 heterocycles. The van der Waals surface area contributed by atoms with Gasteiger partial charge >= 0.3 is 0 Å². The second kappa shape index (κ2) is 6.23.